The standard InChI is InChI=1S/C17H29NO3/c1-6-18-15(7-8-21-10-9-19-4)17-14(3)11-13(2)12-16(17)20-5/h11-12,15,18H,6-10H2,1-5H3. The van der Waals surface area contributed by atoms with E-state index in [2.05, 4.69) is 38.2 Å². The lowest BCUT2D eigenvalue weighted by Gasteiger charge is -2.23. The maximum Gasteiger partial charge on any atom is 0.124 e. The van der Waals surface area contributed by atoms with Gasteiger partial charge in [-0.05, 0) is 44.0 Å². The third-order valence-electron chi connectivity index (χ3n) is 3.49. The van der Waals surface area contributed by atoms with Crippen LogP contribution in [0.2, 0.25) is 0 Å². The molecule has 0 aliphatic rings. The van der Waals surface area contributed by atoms with Gasteiger partial charge in [0.05, 0.1) is 20.3 Å². The Morgan fingerprint density at radius 2 is 1.86 bits per heavy atom. The van der Waals surface area contributed by atoms with Gasteiger partial charge in [0.15, 0.2) is 0 Å². The van der Waals surface area contributed by atoms with E-state index in [0.29, 0.717) is 19.8 Å². The van der Waals surface area contributed by atoms with Crippen LogP contribution in [0.5, 0.6) is 5.75 Å². The van der Waals surface area contributed by atoms with Crippen LogP contribution in [0.4, 0.5) is 0 Å². The molecule has 1 atom stereocenters. The summed E-state index contributed by atoms with van der Waals surface area (Å²) in [4.78, 5) is 0. The molecule has 1 rings (SSSR count). The first-order chi connectivity index (χ1) is 10.1. The van der Waals surface area contributed by atoms with Crippen molar-refractivity contribution >= 4 is 0 Å². The van der Waals surface area contributed by atoms with Crippen LogP contribution < -0.4 is 10.1 Å². The van der Waals surface area contributed by atoms with E-state index in [0.717, 1.165) is 18.7 Å². The van der Waals surface area contributed by atoms with Crippen molar-refractivity contribution in [2.75, 3.05) is 40.6 Å². The Balaban J connectivity index is 2.79. The molecule has 4 nitrogen and oxygen atoms in total. The summed E-state index contributed by atoms with van der Waals surface area (Å²) in [6.07, 6.45) is 0.914. The van der Waals surface area contributed by atoms with Gasteiger partial charge in [0.1, 0.15) is 5.75 Å². The molecule has 4 heteroatoms. The minimum absolute atomic E-state index is 0.244. The third-order valence-corrected chi connectivity index (χ3v) is 3.49. The Labute approximate surface area is 128 Å². The van der Waals surface area contributed by atoms with E-state index >= 15 is 0 Å². The van der Waals surface area contributed by atoms with Crippen LogP contribution in [0.1, 0.15) is 36.1 Å². The second kappa shape index (κ2) is 9.77. The topological polar surface area (TPSA) is 39.7 Å². The molecule has 1 N–H and O–H groups in total. The molecular weight excluding hydrogens is 266 g/mol. The van der Waals surface area contributed by atoms with Crippen molar-refractivity contribution in [2.45, 2.75) is 33.2 Å². The highest BCUT2D eigenvalue weighted by atomic mass is 16.5. The van der Waals surface area contributed by atoms with E-state index in [4.69, 9.17) is 14.2 Å². The predicted octanol–water partition coefficient (Wildman–Crippen LogP) is 3.02. The second-order valence-corrected chi connectivity index (χ2v) is 5.20. The highest BCUT2D eigenvalue weighted by molar-refractivity contribution is 5.45. The van der Waals surface area contributed by atoms with Crippen molar-refractivity contribution in [1.29, 1.82) is 0 Å². The highest BCUT2D eigenvalue weighted by Gasteiger charge is 2.18. The number of hydrogen-bond donors (Lipinski definition) is 1. The molecule has 0 fully saturated rings. The zero-order valence-electron chi connectivity index (χ0n) is 14.0. The van der Waals surface area contributed by atoms with Crippen LogP contribution in [-0.4, -0.2) is 40.6 Å². The van der Waals surface area contributed by atoms with Gasteiger partial charge in [0, 0.05) is 25.3 Å². The van der Waals surface area contributed by atoms with Crippen LogP contribution in [0.25, 0.3) is 0 Å². The Morgan fingerprint density at radius 3 is 2.48 bits per heavy atom. The molecule has 0 aromatic heterocycles. The summed E-state index contributed by atoms with van der Waals surface area (Å²) in [7, 11) is 3.42. The fraction of sp³-hybridized carbons (Fsp3) is 0.647. The maximum absolute atomic E-state index is 5.60. The zero-order chi connectivity index (χ0) is 15.7. The van der Waals surface area contributed by atoms with Crippen LogP contribution in [0, 0.1) is 13.8 Å². The largest absolute Gasteiger partial charge is 0.496 e. The zero-order valence-corrected chi connectivity index (χ0v) is 14.0. The van der Waals surface area contributed by atoms with Gasteiger partial charge in [-0.25, -0.2) is 0 Å². The fourth-order valence-electron chi connectivity index (χ4n) is 2.60. The van der Waals surface area contributed by atoms with Gasteiger partial charge in [-0.1, -0.05) is 13.0 Å². The monoisotopic (exact) mass is 295 g/mol. The summed E-state index contributed by atoms with van der Waals surface area (Å²) < 4.78 is 16.2. The molecule has 0 bridgehead atoms. The number of ether oxygens (including phenoxy) is 3. The predicted molar refractivity (Wildman–Crippen MR) is 86.2 cm³/mol. The summed E-state index contributed by atoms with van der Waals surface area (Å²) in [6.45, 7) is 9.25. The molecule has 21 heavy (non-hydrogen) atoms. The summed E-state index contributed by atoms with van der Waals surface area (Å²) in [5.41, 5.74) is 3.72. The first-order valence-corrected chi connectivity index (χ1v) is 7.59. The van der Waals surface area contributed by atoms with E-state index in [1.165, 1.54) is 16.7 Å². The smallest absolute Gasteiger partial charge is 0.124 e. The molecule has 1 unspecified atom stereocenters. The van der Waals surface area contributed by atoms with E-state index in [-0.39, 0.29) is 6.04 Å². The normalized spacial score (nSPS) is 12.4. The van der Waals surface area contributed by atoms with E-state index in [9.17, 15) is 0 Å². The molecule has 0 aliphatic carbocycles. The minimum atomic E-state index is 0.244. The van der Waals surface area contributed by atoms with Crippen LogP contribution in [0.15, 0.2) is 12.1 Å². The quantitative estimate of drug-likeness (QED) is 0.674. The van der Waals surface area contributed by atoms with Crippen LogP contribution in [-0.2, 0) is 9.47 Å². The maximum atomic E-state index is 5.60. The van der Waals surface area contributed by atoms with Crippen molar-refractivity contribution in [2.24, 2.45) is 0 Å². The summed E-state index contributed by atoms with van der Waals surface area (Å²) in [5, 5.41) is 3.53. The summed E-state index contributed by atoms with van der Waals surface area (Å²) >= 11 is 0. The molecule has 0 spiro atoms. The van der Waals surface area contributed by atoms with Gasteiger partial charge in [-0.15, -0.1) is 0 Å². The summed E-state index contributed by atoms with van der Waals surface area (Å²) in [5.74, 6) is 0.954. The Morgan fingerprint density at radius 1 is 1.10 bits per heavy atom. The first-order valence-electron chi connectivity index (χ1n) is 7.59. The van der Waals surface area contributed by atoms with Crippen molar-refractivity contribution in [3.05, 3.63) is 28.8 Å². The van der Waals surface area contributed by atoms with Gasteiger partial charge in [0.2, 0.25) is 0 Å². The number of methoxy groups -OCH3 is 2. The Hall–Kier alpha value is -1.10. The fourth-order valence-corrected chi connectivity index (χ4v) is 2.60. The lowest BCUT2D eigenvalue weighted by molar-refractivity contribution is 0.0657. The van der Waals surface area contributed by atoms with Gasteiger partial charge in [-0.2, -0.15) is 0 Å². The molecule has 1 aromatic rings. The van der Waals surface area contributed by atoms with Crippen LogP contribution in [0.3, 0.4) is 0 Å². The number of aryl methyl sites for hydroxylation is 2. The molecule has 1 aromatic carbocycles. The highest BCUT2D eigenvalue weighted by Crippen LogP contribution is 2.31. The van der Waals surface area contributed by atoms with Gasteiger partial charge in [0.25, 0.3) is 0 Å². The molecular formula is C17H29NO3. The van der Waals surface area contributed by atoms with E-state index in [1.807, 2.05) is 0 Å². The number of rotatable bonds is 10. The molecule has 0 heterocycles. The number of nitrogens with one attached hydrogen (secondary N) is 1. The molecule has 0 radical (unpaired) electrons. The third kappa shape index (κ3) is 5.65. The van der Waals surface area contributed by atoms with Crippen molar-refractivity contribution in [3.8, 4) is 5.75 Å². The number of benzene rings is 1. The van der Waals surface area contributed by atoms with Crippen LogP contribution >= 0.6 is 0 Å². The van der Waals surface area contributed by atoms with E-state index in [1.54, 1.807) is 14.2 Å². The van der Waals surface area contributed by atoms with E-state index < -0.39 is 0 Å². The summed E-state index contributed by atoms with van der Waals surface area (Å²) in [6, 6.07) is 4.54. The molecule has 120 valence electrons. The average molecular weight is 295 g/mol. The Bertz CT molecular complexity index is 421. The molecule has 0 saturated carbocycles. The molecule has 0 aliphatic heterocycles. The number of hydrogen-bond acceptors (Lipinski definition) is 4. The van der Waals surface area contributed by atoms with Crippen molar-refractivity contribution < 1.29 is 14.2 Å². The van der Waals surface area contributed by atoms with Gasteiger partial charge >= 0.3 is 0 Å². The lowest BCUT2D eigenvalue weighted by atomic mass is 9.96. The Kier molecular flexibility index (Phi) is 8.35. The van der Waals surface area contributed by atoms with Crippen molar-refractivity contribution in [3.63, 3.8) is 0 Å². The molecule has 0 amide bonds. The van der Waals surface area contributed by atoms with Crippen molar-refractivity contribution in [1.82, 2.24) is 5.32 Å². The molecule has 0 saturated heterocycles. The minimum Gasteiger partial charge on any atom is -0.496 e. The first kappa shape index (κ1) is 18.0. The van der Waals surface area contributed by atoms with Gasteiger partial charge < -0.3 is 19.5 Å². The lowest BCUT2D eigenvalue weighted by Crippen LogP contribution is -2.24. The van der Waals surface area contributed by atoms with Gasteiger partial charge in [-0.3, -0.25) is 0 Å². The second-order valence-electron chi connectivity index (χ2n) is 5.20. The SMILES string of the molecule is CCNC(CCOCCOC)c1c(C)cc(C)cc1OC. The average Bonchev–Trinajstić information content (AvgIpc) is 2.45.